The molecule has 1 aliphatic carbocycles. The fourth-order valence-electron chi connectivity index (χ4n) is 8.74. The number of para-hydroxylation sites is 1. The molecule has 4 heterocycles. The number of hydrogen-bond acceptors (Lipinski definition) is 7. The van der Waals surface area contributed by atoms with Crippen molar-refractivity contribution in [3.8, 4) is 16.9 Å². The second kappa shape index (κ2) is 11.5. The minimum atomic E-state index is -1.19. The topological polar surface area (TPSA) is 91.8 Å². The van der Waals surface area contributed by atoms with Gasteiger partial charge in [-0.3, -0.25) is 4.79 Å². The van der Waals surface area contributed by atoms with Gasteiger partial charge in [-0.15, -0.1) is 0 Å². The number of carboxylic acids is 1. The molecule has 5 aliphatic rings. The van der Waals surface area contributed by atoms with Crippen molar-refractivity contribution in [2.45, 2.75) is 56.8 Å². The molecule has 4 fully saturated rings. The van der Waals surface area contributed by atoms with Gasteiger partial charge in [0, 0.05) is 48.0 Å². The summed E-state index contributed by atoms with van der Waals surface area (Å²) in [7, 11) is 1.76. The van der Waals surface area contributed by atoms with E-state index in [4.69, 9.17) is 37.4 Å². The van der Waals surface area contributed by atoms with Crippen molar-refractivity contribution in [3.63, 3.8) is 0 Å². The lowest BCUT2D eigenvalue weighted by molar-refractivity contribution is -0.149. The van der Waals surface area contributed by atoms with Gasteiger partial charge in [0.15, 0.2) is 6.73 Å². The molecule has 0 aromatic heterocycles. The number of morpholine rings is 1. The molecule has 1 amide bonds. The summed E-state index contributed by atoms with van der Waals surface area (Å²) in [5.74, 6) is -1.78. The summed E-state index contributed by atoms with van der Waals surface area (Å²) in [6, 6.07) is 11.7. The van der Waals surface area contributed by atoms with Crippen molar-refractivity contribution in [1.82, 2.24) is 4.90 Å². The molecular weight excluding hydrogens is 660 g/mol. The number of rotatable bonds is 6. The molecule has 4 aliphatic heterocycles. The van der Waals surface area contributed by atoms with Gasteiger partial charge in [0.25, 0.3) is 5.91 Å². The molecule has 2 bridgehead atoms. The van der Waals surface area contributed by atoms with Crippen molar-refractivity contribution in [2.24, 2.45) is 5.41 Å². The molecule has 9 nitrogen and oxygen atoms in total. The second-order valence-corrected chi connectivity index (χ2v) is 15.0. The molecule has 1 spiro atoms. The van der Waals surface area contributed by atoms with E-state index in [1.54, 1.807) is 37.4 Å². The number of benzene rings is 3. The zero-order valence-electron chi connectivity index (χ0n) is 26.7. The first kappa shape index (κ1) is 31.7. The number of anilines is 2. The van der Waals surface area contributed by atoms with Crippen LogP contribution >= 0.6 is 23.2 Å². The van der Waals surface area contributed by atoms with Gasteiger partial charge in [-0.2, -0.15) is 0 Å². The van der Waals surface area contributed by atoms with Crippen molar-refractivity contribution in [1.29, 1.82) is 0 Å². The van der Waals surface area contributed by atoms with E-state index in [-0.39, 0.29) is 69.0 Å². The lowest BCUT2D eigenvalue weighted by atomic mass is 9.55. The van der Waals surface area contributed by atoms with Crippen LogP contribution < -0.4 is 14.5 Å². The van der Waals surface area contributed by atoms with E-state index >= 15 is 4.39 Å². The van der Waals surface area contributed by atoms with Crippen LogP contribution in [0.3, 0.4) is 0 Å². The van der Waals surface area contributed by atoms with Crippen LogP contribution in [0.15, 0.2) is 42.5 Å². The first-order valence-corrected chi connectivity index (χ1v) is 17.0. The Balaban J connectivity index is 1.04. The third kappa shape index (κ3) is 5.11. The lowest BCUT2D eigenvalue weighted by Crippen LogP contribution is -2.67. The van der Waals surface area contributed by atoms with Gasteiger partial charge in [-0.05, 0) is 56.9 Å². The van der Waals surface area contributed by atoms with Crippen molar-refractivity contribution in [2.75, 3.05) is 49.9 Å². The van der Waals surface area contributed by atoms with Crippen molar-refractivity contribution in [3.05, 3.63) is 75.0 Å². The van der Waals surface area contributed by atoms with Gasteiger partial charge in [0.05, 0.1) is 64.3 Å². The van der Waals surface area contributed by atoms with E-state index in [9.17, 15) is 14.7 Å². The van der Waals surface area contributed by atoms with Gasteiger partial charge >= 0.3 is 5.97 Å². The molecule has 2 unspecified atom stereocenters. The molecule has 1 N–H and O–H groups in total. The Morgan fingerprint density at radius 2 is 1.71 bits per heavy atom. The van der Waals surface area contributed by atoms with E-state index in [1.165, 1.54) is 4.90 Å². The molecule has 3 aromatic rings. The summed E-state index contributed by atoms with van der Waals surface area (Å²) in [6.07, 6.45) is 3.79. The van der Waals surface area contributed by atoms with Gasteiger partial charge in [0.2, 0.25) is 0 Å². The van der Waals surface area contributed by atoms with Crippen LogP contribution in [0.2, 0.25) is 10.0 Å². The smallest absolute Gasteiger partial charge is 0.337 e. The summed E-state index contributed by atoms with van der Waals surface area (Å²) in [6.45, 7) is 5.01. The first-order chi connectivity index (χ1) is 23.0. The molecule has 1 saturated carbocycles. The maximum atomic E-state index is 15.7. The number of amides is 1. The number of fused-ring (bicyclic) bond motifs is 3. The summed E-state index contributed by atoms with van der Waals surface area (Å²) in [5, 5.41) is 10.5. The van der Waals surface area contributed by atoms with Crippen molar-refractivity contribution >= 4 is 46.5 Å². The summed E-state index contributed by atoms with van der Waals surface area (Å²) in [4.78, 5) is 31.8. The SMILES string of the molecule is COC1(C)CC2(CN(c3cc(Cl)c(C(=O)N4COc5c(cccc5-c5cc(N6C7CCC6COC7)c(C(=O)O)cc5F)C4)c(Cl)c3)C2)C1. The molecule has 12 heteroatoms. The summed E-state index contributed by atoms with van der Waals surface area (Å²) < 4.78 is 33.2. The van der Waals surface area contributed by atoms with E-state index in [0.717, 1.165) is 50.5 Å². The molecule has 3 saturated heterocycles. The lowest BCUT2D eigenvalue weighted by Gasteiger charge is -2.63. The highest BCUT2D eigenvalue weighted by Gasteiger charge is 2.58. The van der Waals surface area contributed by atoms with E-state index < -0.39 is 11.8 Å². The molecule has 252 valence electrons. The minimum Gasteiger partial charge on any atom is -0.478 e. The number of carbonyl (C=O) groups excluding carboxylic acids is 1. The monoisotopic (exact) mass is 695 g/mol. The molecule has 2 atom stereocenters. The zero-order chi connectivity index (χ0) is 33.5. The van der Waals surface area contributed by atoms with E-state index in [0.29, 0.717) is 35.8 Å². The second-order valence-electron chi connectivity index (χ2n) is 14.2. The maximum Gasteiger partial charge on any atom is 0.337 e. The van der Waals surface area contributed by atoms with Gasteiger partial charge in [0.1, 0.15) is 11.6 Å². The van der Waals surface area contributed by atoms with Crippen LogP contribution in [0.1, 0.15) is 58.9 Å². The maximum absolute atomic E-state index is 15.7. The Bertz CT molecular complexity index is 1800. The molecule has 48 heavy (non-hydrogen) atoms. The molecule has 3 aromatic carbocycles. The number of carboxylic acid groups (broad SMARTS) is 1. The van der Waals surface area contributed by atoms with E-state index in [1.807, 2.05) is 6.07 Å². The summed E-state index contributed by atoms with van der Waals surface area (Å²) in [5.41, 5.74) is 3.07. The fourth-order valence-corrected chi connectivity index (χ4v) is 9.38. The predicted octanol–water partition coefficient (Wildman–Crippen LogP) is 6.86. The van der Waals surface area contributed by atoms with E-state index in [2.05, 4.69) is 16.7 Å². The van der Waals surface area contributed by atoms with Crippen LogP contribution in [0.5, 0.6) is 5.75 Å². The number of aromatic carboxylic acids is 1. The average molecular weight is 697 g/mol. The highest BCUT2D eigenvalue weighted by molar-refractivity contribution is 6.40. The van der Waals surface area contributed by atoms with Gasteiger partial charge in [-0.1, -0.05) is 41.4 Å². The highest BCUT2D eigenvalue weighted by atomic mass is 35.5. The zero-order valence-corrected chi connectivity index (χ0v) is 28.2. The largest absolute Gasteiger partial charge is 0.478 e. The van der Waals surface area contributed by atoms with Crippen molar-refractivity contribution < 1.29 is 33.3 Å². The number of nitrogens with zero attached hydrogens (tertiary/aromatic N) is 3. The highest BCUT2D eigenvalue weighted by Crippen LogP contribution is 2.56. The van der Waals surface area contributed by atoms with Crippen LogP contribution in [0.4, 0.5) is 15.8 Å². The Hall–Kier alpha value is -3.57. The quantitative estimate of drug-likeness (QED) is 0.299. The fraction of sp³-hybridized carbons (Fsp3) is 0.444. The number of methoxy groups -OCH3 is 1. The third-order valence-electron chi connectivity index (χ3n) is 10.9. The molecular formula is C36H36Cl2FN3O6. The van der Waals surface area contributed by atoms with Crippen LogP contribution in [-0.4, -0.2) is 79.7 Å². The number of hydrogen-bond donors (Lipinski definition) is 1. The predicted molar refractivity (Wildman–Crippen MR) is 180 cm³/mol. The number of carbonyl (C=O) groups is 2. The first-order valence-electron chi connectivity index (χ1n) is 16.2. The average Bonchev–Trinajstić information content (AvgIpc) is 3.27. The Morgan fingerprint density at radius 3 is 2.35 bits per heavy atom. The van der Waals surface area contributed by atoms with Crippen LogP contribution in [-0.2, 0) is 16.0 Å². The summed E-state index contributed by atoms with van der Waals surface area (Å²) >= 11 is 13.4. The minimum absolute atomic E-state index is 0.0333. The standard InChI is InChI=1S/C36H36Cl2FN3O6/c1-35(46-2)15-36(16-35)17-41(18-36)23-8-27(37)31(28(38)9-23)33(43)40-12-20-4-3-5-24(32(20)48-19-40)25-11-30(26(34(44)45)10-29(25)39)42-21-6-7-22(42)14-47-13-21/h3-5,8-11,21-22H,6-7,12-19H2,1-2H3,(H,44,45). The Kier molecular flexibility index (Phi) is 7.60. The van der Waals surface area contributed by atoms with Gasteiger partial charge < -0.3 is 34.0 Å². The molecule has 8 rings (SSSR count). The normalized spacial score (nSPS) is 23.3. The van der Waals surface area contributed by atoms with Crippen LogP contribution in [0.25, 0.3) is 11.1 Å². The van der Waals surface area contributed by atoms with Gasteiger partial charge in [-0.25, -0.2) is 9.18 Å². The number of ether oxygens (including phenoxy) is 3. The number of halogens is 3. The Labute approximate surface area is 288 Å². The third-order valence-corrected chi connectivity index (χ3v) is 11.5. The molecule has 0 radical (unpaired) electrons. The Morgan fingerprint density at radius 1 is 1.02 bits per heavy atom. The van der Waals surface area contributed by atoms with Crippen LogP contribution in [0, 0.1) is 11.2 Å².